The number of carbonyl (C=O) groups is 1. The molecule has 0 aliphatic carbocycles. The molecule has 2 rings (SSSR count). The Bertz CT molecular complexity index is 615. The molecule has 0 aliphatic heterocycles. The molecule has 0 spiro atoms. The fourth-order valence-corrected chi connectivity index (χ4v) is 3.34. The number of aliphatic hydroxyl groups excluding tert-OH is 1. The molecule has 2 atom stereocenters. The summed E-state index contributed by atoms with van der Waals surface area (Å²) in [4.78, 5) is 12.5. The first-order valence-corrected chi connectivity index (χ1v) is 8.27. The zero-order chi connectivity index (χ0) is 15.9. The van der Waals surface area contributed by atoms with Gasteiger partial charge in [0.05, 0.1) is 6.10 Å². The first kappa shape index (κ1) is 16.7. The predicted molar refractivity (Wildman–Crippen MR) is 91.3 cm³/mol. The molecule has 0 unspecified atom stereocenters. The summed E-state index contributed by atoms with van der Waals surface area (Å²) in [5.74, 6) is 0.504. The Kier molecular flexibility index (Phi) is 6.19. The van der Waals surface area contributed by atoms with Gasteiger partial charge in [-0.1, -0.05) is 48.5 Å². The molecular weight excluding hydrogens is 294 g/mol. The summed E-state index contributed by atoms with van der Waals surface area (Å²) in [7, 11) is 0. The van der Waals surface area contributed by atoms with Gasteiger partial charge in [-0.3, -0.25) is 4.79 Å². The van der Waals surface area contributed by atoms with E-state index in [2.05, 4.69) is 0 Å². The van der Waals surface area contributed by atoms with E-state index < -0.39 is 6.10 Å². The normalized spacial score (nSPS) is 13.6. The Labute approximate surface area is 135 Å². The lowest BCUT2D eigenvalue weighted by atomic mass is 10.0. The van der Waals surface area contributed by atoms with Gasteiger partial charge in [0.15, 0.2) is 5.78 Å². The van der Waals surface area contributed by atoms with Crippen molar-refractivity contribution in [2.45, 2.75) is 30.4 Å². The van der Waals surface area contributed by atoms with Gasteiger partial charge < -0.3 is 10.8 Å². The van der Waals surface area contributed by atoms with Crippen LogP contribution in [0.4, 0.5) is 0 Å². The number of hydrogen-bond donors (Lipinski definition) is 2. The second-order valence-corrected chi connectivity index (χ2v) is 6.35. The number of rotatable bonds is 7. The van der Waals surface area contributed by atoms with Crippen LogP contribution in [-0.2, 0) is 6.42 Å². The average Bonchev–Trinajstić information content (AvgIpc) is 2.53. The minimum absolute atomic E-state index is 0.0335. The Morgan fingerprint density at radius 3 is 2.45 bits per heavy atom. The van der Waals surface area contributed by atoms with Gasteiger partial charge in [-0.25, -0.2) is 0 Å². The van der Waals surface area contributed by atoms with Crippen molar-refractivity contribution in [3.8, 4) is 0 Å². The zero-order valence-corrected chi connectivity index (χ0v) is 13.4. The molecule has 0 saturated carbocycles. The van der Waals surface area contributed by atoms with Crippen molar-refractivity contribution in [3.05, 3.63) is 65.7 Å². The second-order valence-electron chi connectivity index (χ2n) is 5.28. The molecular formula is C18H21NO2S. The summed E-state index contributed by atoms with van der Waals surface area (Å²) >= 11 is 1.47. The number of benzene rings is 2. The van der Waals surface area contributed by atoms with Crippen molar-refractivity contribution in [2.75, 3.05) is 5.75 Å². The zero-order valence-electron chi connectivity index (χ0n) is 12.6. The SMILES string of the molecule is CC(=O)c1ccccc1SC[C@H](O)[C@@H](N)Cc1ccccc1. The van der Waals surface area contributed by atoms with E-state index in [1.165, 1.54) is 11.8 Å². The van der Waals surface area contributed by atoms with Gasteiger partial charge in [-0.05, 0) is 25.0 Å². The first-order valence-electron chi connectivity index (χ1n) is 7.28. The summed E-state index contributed by atoms with van der Waals surface area (Å²) in [6.45, 7) is 1.55. The molecule has 0 radical (unpaired) electrons. The molecule has 4 heteroatoms. The van der Waals surface area contributed by atoms with E-state index in [0.29, 0.717) is 17.7 Å². The highest BCUT2D eigenvalue weighted by atomic mass is 32.2. The number of hydrogen-bond acceptors (Lipinski definition) is 4. The third-order valence-electron chi connectivity index (χ3n) is 3.48. The van der Waals surface area contributed by atoms with E-state index in [4.69, 9.17) is 5.73 Å². The molecule has 22 heavy (non-hydrogen) atoms. The van der Waals surface area contributed by atoms with Gasteiger partial charge in [0.1, 0.15) is 0 Å². The fraction of sp³-hybridized carbons (Fsp3) is 0.278. The monoisotopic (exact) mass is 315 g/mol. The van der Waals surface area contributed by atoms with Crippen LogP contribution in [0.5, 0.6) is 0 Å². The van der Waals surface area contributed by atoms with Crippen molar-refractivity contribution in [1.82, 2.24) is 0 Å². The molecule has 0 saturated heterocycles. The van der Waals surface area contributed by atoms with Crippen molar-refractivity contribution in [2.24, 2.45) is 5.73 Å². The lowest BCUT2D eigenvalue weighted by Crippen LogP contribution is -2.38. The van der Waals surface area contributed by atoms with E-state index in [1.54, 1.807) is 13.0 Å². The standard InChI is InChI=1S/C18H21NO2S/c1-13(20)15-9-5-6-10-18(15)22-12-17(21)16(19)11-14-7-3-2-4-8-14/h2-10,16-17,21H,11-12,19H2,1H3/t16-,17-/m0/s1. The molecule has 0 fully saturated rings. The maximum absolute atomic E-state index is 11.6. The molecule has 2 aromatic carbocycles. The lowest BCUT2D eigenvalue weighted by molar-refractivity contribution is 0.101. The van der Waals surface area contributed by atoms with Crippen LogP contribution in [0, 0.1) is 0 Å². The third-order valence-corrected chi connectivity index (χ3v) is 4.66. The second kappa shape index (κ2) is 8.13. The number of ketones is 1. The minimum Gasteiger partial charge on any atom is -0.391 e. The van der Waals surface area contributed by atoms with Crippen LogP contribution >= 0.6 is 11.8 Å². The topological polar surface area (TPSA) is 63.3 Å². The molecule has 0 bridgehead atoms. The Morgan fingerprint density at radius 1 is 1.14 bits per heavy atom. The van der Waals surface area contributed by atoms with Gasteiger partial charge >= 0.3 is 0 Å². The molecule has 3 N–H and O–H groups in total. The Hall–Kier alpha value is -1.62. The van der Waals surface area contributed by atoms with E-state index in [-0.39, 0.29) is 11.8 Å². The molecule has 0 aromatic heterocycles. The fourth-order valence-electron chi connectivity index (χ4n) is 2.20. The Balaban J connectivity index is 1.92. The largest absolute Gasteiger partial charge is 0.391 e. The number of aliphatic hydroxyl groups is 1. The van der Waals surface area contributed by atoms with Gasteiger partial charge in [-0.2, -0.15) is 0 Å². The van der Waals surface area contributed by atoms with Gasteiger partial charge in [0.2, 0.25) is 0 Å². The minimum atomic E-state index is -0.620. The molecule has 2 aromatic rings. The smallest absolute Gasteiger partial charge is 0.160 e. The van der Waals surface area contributed by atoms with Gasteiger partial charge in [0.25, 0.3) is 0 Å². The summed E-state index contributed by atoms with van der Waals surface area (Å²) in [5.41, 5.74) is 7.89. The van der Waals surface area contributed by atoms with Crippen LogP contribution in [-0.4, -0.2) is 28.8 Å². The van der Waals surface area contributed by atoms with Crippen molar-refractivity contribution in [1.29, 1.82) is 0 Å². The number of nitrogens with two attached hydrogens (primary N) is 1. The van der Waals surface area contributed by atoms with Crippen molar-refractivity contribution < 1.29 is 9.90 Å². The summed E-state index contributed by atoms with van der Waals surface area (Å²) < 4.78 is 0. The van der Waals surface area contributed by atoms with Gasteiger partial charge in [0, 0.05) is 22.3 Å². The van der Waals surface area contributed by atoms with Crippen LogP contribution in [0.15, 0.2) is 59.5 Å². The number of carbonyl (C=O) groups excluding carboxylic acids is 1. The van der Waals surface area contributed by atoms with E-state index in [1.807, 2.05) is 48.5 Å². The molecule has 0 aliphatic rings. The molecule has 0 amide bonds. The first-order chi connectivity index (χ1) is 10.6. The molecule has 116 valence electrons. The highest BCUT2D eigenvalue weighted by molar-refractivity contribution is 7.99. The average molecular weight is 315 g/mol. The van der Waals surface area contributed by atoms with E-state index >= 15 is 0 Å². The van der Waals surface area contributed by atoms with Crippen LogP contribution in [0.3, 0.4) is 0 Å². The predicted octanol–water partition coefficient (Wildman–Crippen LogP) is 2.91. The summed E-state index contributed by atoms with van der Waals surface area (Å²) in [6.07, 6.45) is 0.0157. The molecule has 0 heterocycles. The van der Waals surface area contributed by atoms with E-state index in [9.17, 15) is 9.90 Å². The van der Waals surface area contributed by atoms with Crippen molar-refractivity contribution >= 4 is 17.5 Å². The van der Waals surface area contributed by atoms with Crippen molar-refractivity contribution in [3.63, 3.8) is 0 Å². The maximum atomic E-state index is 11.6. The van der Waals surface area contributed by atoms with Crippen LogP contribution < -0.4 is 5.73 Å². The summed E-state index contributed by atoms with van der Waals surface area (Å²) in [5, 5.41) is 10.2. The number of Topliss-reactive ketones (excluding diaryl/α,β-unsaturated/α-hetero) is 1. The Morgan fingerprint density at radius 2 is 1.77 bits per heavy atom. The quantitative estimate of drug-likeness (QED) is 0.609. The van der Waals surface area contributed by atoms with Crippen LogP contribution in [0.2, 0.25) is 0 Å². The van der Waals surface area contributed by atoms with Gasteiger partial charge in [-0.15, -0.1) is 11.8 Å². The van der Waals surface area contributed by atoms with Crippen LogP contribution in [0.1, 0.15) is 22.8 Å². The third kappa shape index (κ3) is 4.70. The highest BCUT2D eigenvalue weighted by Gasteiger charge is 2.17. The lowest BCUT2D eigenvalue weighted by Gasteiger charge is -2.19. The highest BCUT2D eigenvalue weighted by Crippen LogP contribution is 2.24. The van der Waals surface area contributed by atoms with E-state index in [0.717, 1.165) is 10.5 Å². The molecule has 3 nitrogen and oxygen atoms in total. The number of thioether (sulfide) groups is 1. The summed E-state index contributed by atoms with van der Waals surface area (Å²) in [6, 6.07) is 17.0. The van der Waals surface area contributed by atoms with Crippen LogP contribution in [0.25, 0.3) is 0 Å². The maximum Gasteiger partial charge on any atom is 0.160 e.